The SMILES string of the molecule is CCN1c2ccc(/C=C3/SC(=O)N(CCOc4ccc(C)cc4)C3=O)cc2C(C)CC1(C)C. The molecule has 1 unspecified atom stereocenters. The van der Waals surface area contributed by atoms with Crippen LogP contribution in [0.4, 0.5) is 10.5 Å². The van der Waals surface area contributed by atoms with Gasteiger partial charge in [-0.3, -0.25) is 14.5 Å². The molecule has 6 heteroatoms. The van der Waals surface area contributed by atoms with Gasteiger partial charge >= 0.3 is 0 Å². The van der Waals surface area contributed by atoms with E-state index in [1.807, 2.05) is 43.3 Å². The first-order chi connectivity index (χ1) is 15.7. The molecule has 2 amide bonds. The van der Waals surface area contributed by atoms with Gasteiger partial charge < -0.3 is 9.64 Å². The monoisotopic (exact) mass is 464 g/mol. The number of fused-ring (bicyclic) bond motifs is 1. The lowest BCUT2D eigenvalue weighted by Crippen LogP contribution is -2.48. The van der Waals surface area contributed by atoms with Gasteiger partial charge in [0.2, 0.25) is 0 Å². The number of hydrogen-bond acceptors (Lipinski definition) is 5. The molecule has 1 saturated heterocycles. The molecule has 0 bridgehead atoms. The van der Waals surface area contributed by atoms with Crippen molar-refractivity contribution in [1.29, 1.82) is 0 Å². The number of benzene rings is 2. The zero-order chi connectivity index (χ0) is 23.8. The van der Waals surface area contributed by atoms with Crippen molar-refractivity contribution in [3.63, 3.8) is 0 Å². The molecule has 0 saturated carbocycles. The number of nitrogens with zero attached hydrogens (tertiary/aromatic N) is 2. The summed E-state index contributed by atoms with van der Waals surface area (Å²) < 4.78 is 5.71. The summed E-state index contributed by atoms with van der Waals surface area (Å²) in [7, 11) is 0. The van der Waals surface area contributed by atoms with Crippen LogP contribution in [0.3, 0.4) is 0 Å². The maximum atomic E-state index is 12.9. The molecule has 1 atom stereocenters. The van der Waals surface area contributed by atoms with Crippen molar-refractivity contribution in [2.24, 2.45) is 0 Å². The van der Waals surface area contributed by atoms with E-state index in [-0.39, 0.29) is 29.8 Å². The molecule has 0 radical (unpaired) electrons. The second kappa shape index (κ2) is 9.26. The molecule has 2 aromatic rings. The topological polar surface area (TPSA) is 49.9 Å². The molecular formula is C27H32N2O3S. The van der Waals surface area contributed by atoms with Crippen molar-refractivity contribution < 1.29 is 14.3 Å². The van der Waals surface area contributed by atoms with E-state index >= 15 is 0 Å². The van der Waals surface area contributed by atoms with Crippen LogP contribution in [-0.2, 0) is 4.79 Å². The summed E-state index contributed by atoms with van der Waals surface area (Å²) in [6.07, 6.45) is 2.92. The van der Waals surface area contributed by atoms with Gasteiger partial charge in [0.25, 0.3) is 11.1 Å². The Morgan fingerprint density at radius 3 is 2.58 bits per heavy atom. The van der Waals surface area contributed by atoms with Gasteiger partial charge in [0.05, 0.1) is 11.4 Å². The van der Waals surface area contributed by atoms with Crippen LogP contribution in [0, 0.1) is 6.92 Å². The molecule has 2 aromatic carbocycles. The van der Waals surface area contributed by atoms with Gasteiger partial charge in [-0.15, -0.1) is 0 Å². The number of carbonyl (C=O) groups is 2. The number of anilines is 1. The smallest absolute Gasteiger partial charge is 0.293 e. The molecular weight excluding hydrogens is 432 g/mol. The van der Waals surface area contributed by atoms with Gasteiger partial charge in [0, 0.05) is 17.8 Å². The average Bonchev–Trinajstić information content (AvgIpc) is 3.02. The van der Waals surface area contributed by atoms with Gasteiger partial charge in [0.1, 0.15) is 12.4 Å². The molecule has 2 aliphatic rings. The largest absolute Gasteiger partial charge is 0.492 e. The Morgan fingerprint density at radius 1 is 1.15 bits per heavy atom. The highest BCUT2D eigenvalue weighted by Crippen LogP contribution is 2.44. The summed E-state index contributed by atoms with van der Waals surface area (Å²) >= 11 is 1.00. The summed E-state index contributed by atoms with van der Waals surface area (Å²) in [6.45, 7) is 12.5. The first kappa shape index (κ1) is 23.4. The molecule has 0 N–H and O–H groups in total. The highest BCUT2D eigenvalue weighted by atomic mass is 32.2. The summed E-state index contributed by atoms with van der Waals surface area (Å²) in [5, 5.41) is -0.246. The predicted octanol–water partition coefficient (Wildman–Crippen LogP) is 6.22. The van der Waals surface area contributed by atoms with E-state index in [0.717, 1.165) is 41.6 Å². The number of imide groups is 1. The van der Waals surface area contributed by atoms with E-state index in [4.69, 9.17) is 4.74 Å². The number of thioether (sulfide) groups is 1. The van der Waals surface area contributed by atoms with Gasteiger partial charge in [-0.05, 0) is 93.3 Å². The van der Waals surface area contributed by atoms with Crippen LogP contribution in [0.5, 0.6) is 5.75 Å². The molecule has 0 spiro atoms. The number of hydrogen-bond donors (Lipinski definition) is 0. The van der Waals surface area contributed by atoms with Crippen LogP contribution in [0.25, 0.3) is 6.08 Å². The third-order valence-corrected chi connectivity index (χ3v) is 7.41. The summed E-state index contributed by atoms with van der Waals surface area (Å²) in [5.74, 6) is 0.912. The number of aryl methyl sites for hydroxylation is 1. The molecule has 0 aromatic heterocycles. The van der Waals surface area contributed by atoms with Crippen molar-refractivity contribution in [1.82, 2.24) is 4.90 Å². The molecule has 0 aliphatic carbocycles. The molecule has 5 nitrogen and oxygen atoms in total. The van der Waals surface area contributed by atoms with Crippen molar-refractivity contribution in [2.75, 3.05) is 24.6 Å². The van der Waals surface area contributed by atoms with E-state index in [1.54, 1.807) is 0 Å². The summed E-state index contributed by atoms with van der Waals surface area (Å²) in [6, 6.07) is 14.1. The predicted molar refractivity (Wildman–Crippen MR) is 136 cm³/mol. The Labute approximate surface area is 200 Å². The first-order valence-electron chi connectivity index (χ1n) is 11.6. The number of ether oxygens (including phenoxy) is 1. The molecule has 1 fully saturated rings. The fraction of sp³-hybridized carbons (Fsp3) is 0.407. The fourth-order valence-electron chi connectivity index (χ4n) is 4.93. The lowest BCUT2D eigenvalue weighted by Gasteiger charge is -2.47. The lowest BCUT2D eigenvalue weighted by atomic mass is 9.79. The van der Waals surface area contributed by atoms with Crippen molar-refractivity contribution in [3.05, 3.63) is 64.1 Å². The molecule has 33 heavy (non-hydrogen) atoms. The Morgan fingerprint density at radius 2 is 1.88 bits per heavy atom. The van der Waals surface area contributed by atoms with Gasteiger partial charge in [-0.25, -0.2) is 0 Å². The summed E-state index contributed by atoms with van der Waals surface area (Å²) in [4.78, 5) is 29.6. The highest BCUT2D eigenvalue weighted by molar-refractivity contribution is 8.18. The molecule has 4 rings (SSSR count). The second-order valence-corrected chi connectivity index (χ2v) is 10.5. The Kier molecular flexibility index (Phi) is 6.57. The zero-order valence-corrected chi connectivity index (χ0v) is 20.9. The molecule has 174 valence electrons. The van der Waals surface area contributed by atoms with Crippen molar-refractivity contribution in [3.8, 4) is 5.75 Å². The Bertz CT molecular complexity index is 1090. The van der Waals surface area contributed by atoms with E-state index in [9.17, 15) is 9.59 Å². The minimum Gasteiger partial charge on any atom is -0.492 e. The second-order valence-electron chi connectivity index (χ2n) is 9.47. The number of amides is 2. The van der Waals surface area contributed by atoms with Gasteiger partial charge in [-0.2, -0.15) is 0 Å². The normalized spacial score (nSPS) is 21.0. The van der Waals surface area contributed by atoms with Crippen LogP contribution in [0.15, 0.2) is 47.4 Å². The quantitative estimate of drug-likeness (QED) is 0.475. The van der Waals surface area contributed by atoms with Gasteiger partial charge in [0.15, 0.2) is 0 Å². The third kappa shape index (κ3) is 4.81. The van der Waals surface area contributed by atoms with E-state index in [0.29, 0.717) is 10.8 Å². The summed E-state index contributed by atoms with van der Waals surface area (Å²) in [5.41, 5.74) is 4.79. The van der Waals surface area contributed by atoms with E-state index < -0.39 is 0 Å². The third-order valence-electron chi connectivity index (χ3n) is 6.50. The Hall–Kier alpha value is -2.73. The molecule has 2 aliphatic heterocycles. The van der Waals surface area contributed by atoms with E-state index in [1.165, 1.54) is 16.2 Å². The maximum absolute atomic E-state index is 12.9. The van der Waals surface area contributed by atoms with Crippen molar-refractivity contribution in [2.45, 2.75) is 52.5 Å². The zero-order valence-electron chi connectivity index (χ0n) is 20.1. The first-order valence-corrected chi connectivity index (χ1v) is 12.4. The minimum atomic E-state index is -0.250. The number of rotatable bonds is 6. The van der Waals surface area contributed by atoms with Crippen LogP contribution in [-0.4, -0.2) is 41.3 Å². The highest BCUT2D eigenvalue weighted by Gasteiger charge is 2.36. The standard InChI is InChI=1S/C27H32N2O3S/c1-6-29-23-12-9-20(15-22(23)19(3)17-27(29,4)5)16-24-25(30)28(26(31)33-24)13-14-32-21-10-7-18(2)8-11-21/h7-12,15-16,19H,6,13-14,17H2,1-5H3/b24-16+. The lowest BCUT2D eigenvalue weighted by molar-refractivity contribution is -0.123. The average molecular weight is 465 g/mol. The minimum absolute atomic E-state index is 0.117. The maximum Gasteiger partial charge on any atom is 0.293 e. The van der Waals surface area contributed by atoms with Crippen LogP contribution in [0.2, 0.25) is 0 Å². The van der Waals surface area contributed by atoms with Crippen molar-refractivity contribution >= 4 is 34.7 Å². The van der Waals surface area contributed by atoms with Crippen LogP contribution >= 0.6 is 11.8 Å². The van der Waals surface area contributed by atoms with E-state index in [2.05, 4.69) is 44.7 Å². The fourth-order valence-corrected chi connectivity index (χ4v) is 5.80. The molecule has 2 heterocycles. The van der Waals surface area contributed by atoms with Crippen LogP contribution in [0.1, 0.15) is 56.7 Å². The van der Waals surface area contributed by atoms with Gasteiger partial charge in [-0.1, -0.05) is 30.7 Å². The Balaban J connectivity index is 1.47. The van der Waals surface area contributed by atoms with Crippen LogP contribution < -0.4 is 9.64 Å². The number of carbonyl (C=O) groups excluding carboxylic acids is 2.